The Balaban J connectivity index is 1.48. The van der Waals surface area contributed by atoms with E-state index < -0.39 is 71.4 Å². The van der Waals surface area contributed by atoms with Crippen molar-refractivity contribution in [1.29, 1.82) is 0 Å². The zero-order valence-electron chi connectivity index (χ0n) is 20.2. The zero-order chi connectivity index (χ0) is 28.5. The third-order valence-electron chi connectivity index (χ3n) is 6.24. The molecular formula is C24H21F7N4O3S. The fourth-order valence-corrected chi connectivity index (χ4v) is 4.93. The third kappa shape index (κ3) is 6.46. The predicted octanol–water partition coefficient (Wildman–Crippen LogP) is 5.06. The van der Waals surface area contributed by atoms with Gasteiger partial charge < -0.3 is 9.64 Å². The van der Waals surface area contributed by atoms with E-state index in [2.05, 4.69) is 9.97 Å². The summed E-state index contributed by atoms with van der Waals surface area (Å²) in [7, 11) is 1.88. The molecule has 1 saturated heterocycles. The van der Waals surface area contributed by atoms with Crippen LogP contribution in [0.4, 0.5) is 30.7 Å². The molecule has 2 aromatic heterocycles. The summed E-state index contributed by atoms with van der Waals surface area (Å²) in [5.41, 5.74) is -1.88. The fourth-order valence-electron chi connectivity index (χ4n) is 4.13. The zero-order valence-corrected chi connectivity index (χ0v) is 21.0. The molecule has 1 unspecified atom stereocenters. The van der Waals surface area contributed by atoms with E-state index in [0.717, 1.165) is 29.5 Å². The monoisotopic (exact) mass is 578 g/mol. The minimum absolute atomic E-state index is 0.0990. The van der Waals surface area contributed by atoms with Crippen molar-refractivity contribution in [1.82, 2.24) is 20.2 Å². The van der Waals surface area contributed by atoms with Crippen molar-refractivity contribution in [2.45, 2.75) is 38.0 Å². The Morgan fingerprint density at radius 3 is 2.54 bits per heavy atom. The van der Waals surface area contributed by atoms with Crippen LogP contribution in [0.5, 0.6) is 5.75 Å². The Morgan fingerprint density at radius 2 is 1.90 bits per heavy atom. The highest BCUT2D eigenvalue weighted by Crippen LogP contribution is 2.40. The molecule has 3 aromatic rings. The summed E-state index contributed by atoms with van der Waals surface area (Å²) in [4.78, 5) is 34.8. The fraction of sp³-hybridized carbons (Fsp3) is 0.417. The Kier molecular flexibility index (Phi) is 8.39. The molecule has 39 heavy (non-hydrogen) atoms. The Labute approximate surface area is 221 Å². The van der Waals surface area contributed by atoms with Crippen LogP contribution in [0.15, 0.2) is 24.4 Å². The molecular weight excluding hydrogens is 557 g/mol. The van der Waals surface area contributed by atoms with Gasteiger partial charge in [-0.2, -0.15) is 13.2 Å². The third-order valence-corrected chi connectivity index (χ3v) is 7.19. The van der Waals surface area contributed by atoms with Gasteiger partial charge in [-0.1, -0.05) is 11.3 Å². The molecule has 0 bridgehead atoms. The van der Waals surface area contributed by atoms with Gasteiger partial charge in [0.2, 0.25) is 5.91 Å². The number of carbonyl (C=O) groups is 2. The Bertz CT molecular complexity index is 1370. The van der Waals surface area contributed by atoms with Crippen LogP contribution in [-0.2, 0) is 11.4 Å². The van der Waals surface area contributed by atoms with Gasteiger partial charge in [0.15, 0.2) is 11.6 Å². The number of hydrogen-bond acceptors (Lipinski definition) is 7. The number of pyridine rings is 1. The van der Waals surface area contributed by atoms with Gasteiger partial charge in [-0.15, -0.1) is 0 Å². The summed E-state index contributed by atoms with van der Waals surface area (Å²) < 4.78 is 99.9. The molecule has 1 aromatic carbocycles. The van der Waals surface area contributed by atoms with Crippen LogP contribution in [0.2, 0.25) is 0 Å². The highest BCUT2D eigenvalue weighted by Gasteiger charge is 2.47. The van der Waals surface area contributed by atoms with Gasteiger partial charge in [-0.3, -0.25) is 14.9 Å². The highest BCUT2D eigenvalue weighted by molar-refractivity contribution is 7.18. The van der Waals surface area contributed by atoms with Gasteiger partial charge in [0.05, 0.1) is 0 Å². The van der Waals surface area contributed by atoms with Crippen LogP contribution < -0.4 is 10.1 Å². The van der Waals surface area contributed by atoms with Crippen molar-refractivity contribution < 1.29 is 45.1 Å². The van der Waals surface area contributed by atoms with Crippen LogP contribution in [0.3, 0.4) is 0 Å². The summed E-state index contributed by atoms with van der Waals surface area (Å²) >= 11 is 0.857. The summed E-state index contributed by atoms with van der Waals surface area (Å²) in [5.74, 6) is -8.56. The highest BCUT2D eigenvalue weighted by atomic mass is 32.1. The molecule has 2 amide bonds. The number of amides is 2. The molecule has 1 N–H and O–H groups in total. The van der Waals surface area contributed by atoms with E-state index in [1.165, 1.54) is 0 Å². The number of rotatable bonds is 7. The van der Waals surface area contributed by atoms with E-state index in [0.29, 0.717) is 32.1 Å². The minimum Gasteiger partial charge on any atom is -0.483 e. The Hall–Kier alpha value is -3.33. The standard InChI is InChI=1S/C24H21F7N4O3S/c1-35-6-4-11(5-7-35)21(36)34-22(37)17-13(25)2-3-15(19(17)26)38-10-16-33-14-8-12(9-32-23(14)39-16)18(20(27)28)24(29,30)31/h2-3,8-9,11,18,20H,4-7,10H2,1H3,(H,34,36,37). The first-order chi connectivity index (χ1) is 18.3. The van der Waals surface area contributed by atoms with E-state index in [1.807, 2.05) is 17.3 Å². The number of alkyl halides is 5. The predicted molar refractivity (Wildman–Crippen MR) is 126 cm³/mol. The summed E-state index contributed by atoms with van der Waals surface area (Å²) in [6.07, 6.45) is -7.25. The van der Waals surface area contributed by atoms with E-state index in [-0.39, 0.29) is 15.4 Å². The first-order valence-corrected chi connectivity index (χ1v) is 12.4. The number of piperidine rings is 1. The lowest BCUT2D eigenvalue weighted by Crippen LogP contribution is -2.41. The average Bonchev–Trinajstić information content (AvgIpc) is 3.25. The number of imide groups is 1. The van der Waals surface area contributed by atoms with Crippen molar-refractivity contribution in [3.05, 3.63) is 52.2 Å². The maximum atomic E-state index is 15.0. The topological polar surface area (TPSA) is 84.4 Å². The quantitative estimate of drug-likeness (QED) is 0.312. The van der Waals surface area contributed by atoms with Crippen molar-refractivity contribution in [2.75, 3.05) is 20.1 Å². The number of benzene rings is 1. The van der Waals surface area contributed by atoms with Crippen LogP contribution in [-0.4, -0.2) is 59.4 Å². The summed E-state index contributed by atoms with van der Waals surface area (Å²) in [5, 5.41) is 2.13. The average molecular weight is 579 g/mol. The molecule has 3 heterocycles. The molecule has 0 spiro atoms. The molecule has 0 saturated carbocycles. The first kappa shape index (κ1) is 28.7. The van der Waals surface area contributed by atoms with Crippen LogP contribution in [0.25, 0.3) is 10.3 Å². The normalized spacial score (nSPS) is 16.0. The lowest BCUT2D eigenvalue weighted by molar-refractivity contribution is -0.178. The molecule has 0 aliphatic carbocycles. The molecule has 4 rings (SSSR count). The van der Waals surface area contributed by atoms with Gasteiger partial charge in [-0.05, 0) is 56.7 Å². The number of fused-ring (bicyclic) bond motifs is 1. The van der Waals surface area contributed by atoms with Gasteiger partial charge in [0.1, 0.15) is 39.3 Å². The molecule has 7 nitrogen and oxygen atoms in total. The lowest BCUT2D eigenvalue weighted by atomic mass is 9.96. The van der Waals surface area contributed by atoms with Crippen LogP contribution in [0.1, 0.15) is 39.7 Å². The van der Waals surface area contributed by atoms with Crippen molar-refractivity contribution in [2.24, 2.45) is 5.92 Å². The summed E-state index contributed by atoms with van der Waals surface area (Å²) in [6.45, 7) is 0.818. The molecule has 1 atom stereocenters. The maximum Gasteiger partial charge on any atom is 0.401 e. The van der Waals surface area contributed by atoms with Crippen molar-refractivity contribution in [3.63, 3.8) is 0 Å². The second kappa shape index (κ2) is 11.4. The van der Waals surface area contributed by atoms with E-state index >= 15 is 4.39 Å². The molecule has 1 fully saturated rings. The van der Waals surface area contributed by atoms with Crippen LogP contribution in [0, 0.1) is 17.6 Å². The number of aromatic nitrogens is 2. The van der Waals surface area contributed by atoms with Gasteiger partial charge in [0.25, 0.3) is 12.3 Å². The van der Waals surface area contributed by atoms with Crippen molar-refractivity contribution >= 4 is 33.5 Å². The van der Waals surface area contributed by atoms with Gasteiger partial charge >= 0.3 is 6.18 Å². The largest absolute Gasteiger partial charge is 0.483 e. The Morgan fingerprint density at radius 1 is 1.21 bits per heavy atom. The molecule has 0 radical (unpaired) electrons. The molecule has 1 aliphatic rings. The number of nitrogens with zero attached hydrogens (tertiary/aromatic N) is 3. The van der Waals surface area contributed by atoms with Crippen LogP contribution >= 0.6 is 11.3 Å². The number of ether oxygens (including phenoxy) is 1. The summed E-state index contributed by atoms with van der Waals surface area (Å²) in [6, 6.07) is 2.54. The second-order valence-corrected chi connectivity index (χ2v) is 10.0. The van der Waals surface area contributed by atoms with E-state index in [4.69, 9.17) is 4.74 Å². The SMILES string of the molecule is CN1CCC(C(=O)NC(=O)c2c(F)ccc(OCc3nc4cc(C(C(F)F)C(F)(F)F)cnc4s3)c2F)CC1. The lowest BCUT2D eigenvalue weighted by Gasteiger charge is -2.27. The number of thiazole rings is 1. The molecule has 15 heteroatoms. The number of likely N-dealkylation sites (tertiary alicyclic amines) is 1. The van der Waals surface area contributed by atoms with Gasteiger partial charge in [0, 0.05) is 12.1 Å². The molecule has 1 aliphatic heterocycles. The first-order valence-electron chi connectivity index (χ1n) is 11.6. The smallest absolute Gasteiger partial charge is 0.401 e. The van der Waals surface area contributed by atoms with Gasteiger partial charge in [-0.25, -0.2) is 27.5 Å². The number of halogens is 7. The maximum absolute atomic E-state index is 15.0. The number of carbonyl (C=O) groups excluding carboxylic acids is 2. The second-order valence-electron chi connectivity index (χ2n) is 8.97. The van der Waals surface area contributed by atoms with Crippen molar-refractivity contribution in [3.8, 4) is 5.75 Å². The number of hydrogen-bond donors (Lipinski definition) is 1. The van der Waals surface area contributed by atoms with E-state index in [1.54, 1.807) is 0 Å². The van der Waals surface area contributed by atoms with E-state index in [9.17, 15) is 35.9 Å². The molecule has 210 valence electrons. The number of nitrogens with one attached hydrogen (secondary N) is 1. The minimum atomic E-state index is -5.20.